The molecule has 1 aliphatic rings. The van der Waals surface area contributed by atoms with Gasteiger partial charge in [-0.3, -0.25) is 0 Å². The number of nitrogens with one attached hydrogen (secondary N) is 1. The summed E-state index contributed by atoms with van der Waals surface area (Å²) in [6.45, 7) is 7.99. The molecule has 0 bridgehead atoms. The van der Waals surface area contributed by atoms with Crippen LogP contribution in [0.2, 0.25) is 0 Å². The molecule has 1 aromatic heterocycles. The summed E-state index contributed by atoms with van der Waals surface area (Å²) in [5.74, 6) is 1.46. The predicted molar refractivity (Wildman–Crippen MR) is 66.5 cm³/mol. The van der Waals surface area contributed by atoms with E-state index in [1.807, 2.05) is 6.33 Å². The van der Waals surface area contributed by atoms with Crippen molar-refractivity contribution < 1.29 is 0 Å². The lowest BCUT2D eigenvalue weighted by atomic mass is 9.94. The Bertz CT molecular complexity index is 313. The van der Waals surface area contributed by atoms with E-state index in [1.165, 1.54) is 25.0 Å². The Morgan fingerprint density at radius 1 is 1.50 bits per heavy atom. The standard InChI is InChI=1S/C13H23N3/c1-3-11(2)9-16-10-15-8-13(16)12-4-6-14-7-5-12/h8,10-12,14H,3-7,9H2,1-2H3. The largest absolute Gasteiger partial charge is 0.334 e. The van der Waals surface area contributed by atoms with E-state index in [0.717, 1.165) is 25.6 Å². The third kappa shape index (κ3) is 2.64. The van der Waals surface area contributed by atoms with Crippen molar-refractivity contribution in [1.82, 2.24) is 14.9 Å². The fourth-order valence-corrected chi connectivity index (χ4v) is 2.41. The first-order valence-electron chi connectivity index (χ1n) is 6.52. The molecule has 0 aliphatic carbocycles. The molecule has 0 radical (unpaired) electrons. The van der Waals surface area contributed by atoms with E-state index in [4.69, 9.17) is 0 Å². The quantitative estimate of drug-likeness (QED) is 0.846. The van der Waals surface area contributed by atoms with Crippen LogP contribution in [0.25, 0.3) is 0 Å². The molecule has 1 aliphatic heterocycles. The molecule has 1 fully saturated rings. The lowest BCUT2D eigenvalue weighted by Gasteiger charge is -2.24. The topological polar surface area (TPSA) is 29.9 Å². The van der Waals surface area contributed by atoms with Crippen molar-refractivity contribution in [2.24, 2.45) is 5.92 Å². The van der Waals surface area contributed by atoms with Gasteiger partial charge in [-0.2, -0.15) is 0 Å². The zero-order chi connectivity index (χ0) is 11.4. The van der Waals surface area contributed by atoms with Gasteiger partial charge in [0.1, 0.15) is 0 Å². The van der Waals surface area contributed by atoms with E-state index in [2.05, 4.69) is 34.9 Å². The molecule has 1 atom stereocenters. The van der Waals surface area contributed by atoms with Gasteiger partial charge in [-0.25, -0.2) is 4.98 Å². The molecule has 0 spiro atoms. The maximum atomic E-state index is 4.33. The Labute approximate surface area is 98.3 Å². The van der Waals surface area contributed by atoms with E-state index >= 15 is 0 Å². The van der Waals surface area contributed by atoms with Crippen molar-refractivity contribution in [3.05, 3.63) is 18.2 Å². The number of rotatable bonds is 4. The van der Waals surface area contributed by atoms with Crippen LogP contribution in [-0.4, -0.2) is 22.6 Å². The minimum absolute atomic E-state index is 0.716. The molecular weight excluding hydrogens is 198 g/mol. The summed E-state index contributed by atoms with van der Waals surface area (Å²) < 4.78 is 2.37. The van der Waals surface area contributed by atoms with Crippen molar-refractivity contribution >= 4 is 0 Å². The van der Waals surface area contributed by atoms with Crippen LogP contribution in [0.15, 0.2) is 12.5 Å². The van der Waals surface area contributed by atoms with Crippen LogP contribution < -0.4 is 5.32 Å². The van der Waals surface area contributed by atoms with Gasteiger partial charge in [-0.15, -0.1) is 0 Å². The Kier molecular flexibility index (Phi) is 3.99. The summed E-state index contributed by atoms with van der Waals surface area (Å²) in [4.78, 5) is 4.33. The molecule has 90 valence electrons. The van der Waals surface area contributed by atoms with Gasteiger partial charge in [0, 0.05) is 24.4 Å². The second kappa shape index (κ2) is 5.48. The SMILES string of the molecule is CCC(C)Cn1cncc1C1CCNCC1. The summed E-state index contributed by atoms with van der Waals surface area (Å²) in [7, 11) is 0. The van der Waals surface area contributed by atoms with Gasteiger partial charge >= 0.3 is 0 Å². The van der Waals surface area contributed by atoms with Gasteiger partial charge < -0.3 is 9.88 Å². The van der Waals surface area contributed by atoms with E-state index < -0.39 is 0 Å². The molecule has 1 saturated heterocycles. The van der Waals surface area contributed by atoms with Crippen molar-refractivity contribution in [1.29, 1.82) is 0 Å². The minimum atomic E-state index is 0.716. The van der Waals surface area contributed by atoms with Gasteiger partial charge in [-0.1, -0.05) is 20.3 Å². The number of piperidine rings is 1. The molecule has 0 aromatic carbocycles. The van der Waals surface area contributed by atoms with Crippen molar-refractivity contribution in [3.8, 4) is 0 Å². The number of hydrogen-bond donors (Lipinski definition) is 1. The molecule has 3 heteroatoms. The molecule has 1 N–H and O–H groups in total. The van der Waals surface area contributed by atoms with E-state index in [0.29, 0.717) is 5.92 Å². The first kappa shape index (κ1) is 11.6. The fraction of sp³-hybridized carbons (Fsp3) is 0.769. The predicted octanol–water partition coefficient (Wildman–Crippen LogP) is 2.40. The van der Waals surface area contributed by atoms with Crippen LogP contribution in [-0.2, 0) is 6.54 Å². The Morgan fingerprint density at radius 2 is 2.25 bits per heavy atom. The highest BCUT2D eigenvalue weighted by molar-refractivity contribution is 5.07. The van der Waals surface area contributed by atoms with Gasteiger partial charge in [0.25, 0.3) is 0 Å². The number of nitrogens with zero attached hydrogens (tertiary/aromatic N) is 2. The smallest absolute Gasteiger partial charge is 0.0948 e. The molecule has 2 heterocycles. The Morgan fingerprint density at radius 3 is 2.94 bits per heavy atom. The van der Waals surface area contributed by atoms with Crippen molar-refractivity contribution in [2.45, 2.75) is 45.6 Å². The molecule has 1 unspecified atom stereocenters. The zero-order valence-corrected chi connectivity index (χ0v) is 10.4. The highest BCUT2D eigenvalue weighted by Gasteiger charge is 2.19. The third-order valence-electron chi connectivity index (χ3n) is 3.71. The first-order valence-corrected chi connectivity index (χ1v) is 6.52. The van der Waals surface area contributed by atoms with E-state index in [-0.39, 0.29) is 0 Å². The second-order valence-electron chi connectivity index (χ2n) is 5.01. The van der Waals surface area contributed by atoms with Crippen LogP contribution in [0.1, 0.15) is 44.7 Å². The van der Waals surface area contributed by atoms with E-state index in [1.54, 1.807) is 0 Å². The van der Waals surface area contributed by atoms with Gasteiger partial charge in [0.15, 0.2) is 0 Å². The third-order valence-corrected chi connectivity index (χ3v) is 3.71. The van der Waals surface area contributed by atoms with Crippen LogP contribution >= 0.6 is 0 Å². The Balaban J connectivity index is 2.05. The van der Waals surface area contributed by atoms with Gasteiger partial charge in [-0.05, 0) is 31.8 Å². The zero-order valence-electron chi connectivity index (χ0n) is 10.4. The molecule has 0 amide bonds. The highest BCUT2D eigenvalue weighted by atomic mass is 15.1. The van der Waals surface area contributed by atoms with Crippen molar-refractivity contribution in [3.63, 3.8) is 0 Å². The lowest BCUT2D eigenvalue weighted by Crippen LogP contribution is -2.28. The molecule has 3 nitrogen and oxygen atoms in total. The normalized spacial score (nSPS) is 19.9. The molecule has 0 saturated carbocycles. The average Bonchev–Trinajstić information content (AvgIpc) is 2.78. The molecule has 1 aromatic rings. The van der Waals surface area contributed by atoms with Crippen LogP contribution in [0.5, 0.6) is 0 Å². The van der Waals surface area contributed by atoms with Gasteiger partial charge in [0.05, 0.1) is 6.33 Å². The highest BCUT2D eigenvalue weighted by Crippen LogP contribution is 2.25. The average molecular weight is 221 g/mol. The molecule has 16 heavy (non-hydrogen) atoms. The summed E-state index contributed by atoms with van der Waals surface area (Å²) >= 11 is 0. The maximum absolute atomic E-state index is 4.33. The van der Waals surface area contributed by atoms with Crippen LogP contribution in [0, 0.1) is 5.92 Å². The van der Waals surface area contributed by atoms with Crippen LogP contribution in [0.3, 0.4) is 0 Å². The number of aromatic nitrogens is 2. The summed E-state index contributed by atoms with van der Waals surface area (Å²) in [5.41, 5.74) is 1.45. The first-order chi connectivity index (χ1) is 7.81. The Hall–Kier alpha value is -0.830. The second-order valence-corrected chi connectivity index (χ2v) is 5.01. The van der Waals surface area contributed by atoms with Gasteiger partial charge in [0.2, 0.25) is 0 Å². The lowest BCUT2D eigenvalue weighted by molar-refractivity contribution is 0.411. The summed E-state index contributed by atoms with van der Waals surface area (Å²) in [6.07, 6.45) is 7.82. The summed E-state index contributed by atoms with van der Waals surface area (Å²) in [6, 6.07) is 0. The van der Waals surface area contributed by atoms with E-state index in [9.17, 15) is 0 Å². The number of hydrogen-bond acceptors (Lipinski definition) is 2. The minimum Gasteiger partial charge on any atom is -0.334 e. The monoisotopic (exact) mass is 221 g/mol. The van der Waals surface area contributed by atoms with Crippen molar-refractivity contribution in [2.75, 3.05) is 13.1 Å². The molecular formula is C13H23N3. The van der Waals surface area contributed by atoms with Crippen LogP contribution in [0.4, 0.5) is 0 Å². The molecule has 2 rings (SSSR count). The maximum Gasteiger partial charge on any atom is 0.0948 e. The number of imidazole rings is 1. The fourth-order valence-electron chi connectivity index (χ4n) is 2.41. The summed E-state index contributed by atoms with van der Waals surface area (Å²) in [5, 5.41) is 3.42.